The van der Waals surface area contributed by atoms with E-state index >= 15 is 0 Å². The number of aromatic nitrogens is 1. The normalized spacial score (nSPS) is 11.8. The minimum Gasteiger partial charge on any atom is -0.352 e. The monoisotopic (exact) mass is 310 g/mol. The van der Waals surface area contributed by atoms with Crippen LogP contribution in [0, 0.1) is 6.92 Å². The molecule has 0 radical (unpaired) electrons. The lowest BCUT2D eigenvalue weighted by atomic mass is 10.1. The third kappa shape index (κ3) is 4.04. The number of nitrogens with zero attached hydrogens (tertiary/aromatic N) is 1. The average molecular weight is 310 g/mol. The maximum Gasteiger partial charge on any atom is 0.312 e. The van der Waals surface area contributed by atoms with Gasteiger partial charge in [0.15, 0.2) is 5.13 Å². The number of amides is 3. The van der Waals surface area contributed by atoms with Crippen molar-refractivity contribution in [2.24, 2.45) is 5.73 Å². The Hall–Kier alpha value is -1.93. The molecule has 4 N–H and O–H groups in total. The molecule has 2 aromatic rings. The number of aryl methyl sites for hydroxylation is 1. The molecule has 0 aliphatic rings. The second-order valence-corrected chi connectivity index (χ2v) is 5.96. The summed E-state index contributed by atoms with van der Waals surface area (Å²) in [6.07, 6.45) is 0.113. The van der Waals surface area contributed by atoms with Gasteiger partial charge in [-0.25, -0.2) is 9.78 Å². The van der Waals surface area contributed by atoms with E-state index in [-0.39, 0.29) is 12.3 Å². The summed E-state index contributed by atoms with van der Waals surface area (Å²) in [4.78, 5) is 28.0. The fourth-order valence-electron chi connectivity index (χ4n) is 1.65. The maximum absolute atomic E-state index is 12.0. The van der Waals surface area contributed by atoms with Crippen molar-refractivity contribution in [1.29, 1.82) is 0 Å². The molecule has 106 valence electrons. The van der Waals surface area contributed by atoms with Crippen LogP contribution in [0.3, 0.4) is 0 Å². The van der Waals surface area contributed by atoms with Crippen LogP contribution in [-0.2, 0) is 4.79 Å². The van der Waals surface area contributed by atoms with Gasteiger partial charge >= 0.3 is 6.03 Å². The van der Waals surface area contributed by atoms with E-state index in [9.17, 15) is 9.59 Å². The van der Waals surface area contributed by atoms with Gasteiger partial charge < -0.3 is 16.4 Å². The number of nitrogens with one attached hydrogen (secondary N) is 2. The quantitative estimate of drug-likeness (QED) is 0.790. The van der Waals surface area contributed by atoms with Gasteiger partial charge in [0.1, 0.15) is 0 Å². The van der Waals surface area contributed by atoms with Crippen molar-refractivity contribution >= 4 is 39.7 Å². The first kappa shape index (κ1) is 14.5. The Labute approximate surface area is 124 Å². The van der Waals surface area contributed by atoms with Gasteiger partial charge in [0, 0.05) is 10.3 Å². The first-order chi connectivity index (χ1) is 9.54. The van der Waals surface area contributed by atoms with Crippen molar-refractivity contribution in [1.82, 2.24) is 10.3 Å². The van der Waals surface area contributed by atoms with Crippen LogP contribution in [0.2, 0.25) is 0 Å². The van der Waals surface area contributed by atoms with Gasteiger partial charge in [0.2, 0.25) is 5.91 Å². The molecule has 8 heteroatoms. The molecule has 3 amide bonds. The van der Waals surface area contributed by atoms with Crippen molar-refractivity contribution in [2.75, 3.05) is 5.32 Å². The van der Waals surface area contributed by atoms with Crippen LogP contribution in [0.4, 0.5) is 9.93 Å². The van der Waals surface area contributed by atoms with Gasteiger partial charge in [-0.1, -0.05) is 6.07 Å². The van der Waals surface area contributed by atoms with Crippen LogP contribution in [0.5, 0.6) is 0 Å². The van der Waals surface area contributed by atoms with Crippen LogP contribution < -0.4 is 16.4 Å². The molecule has 0 spiro atoms. The largest absolute Gasteiger partial charge is 0.352 e. The molecule has 0 bridgehead atoms. The van der Waals surface area contributed by atoms with Gasteiger partial charge in [-0.3, -0.25) is 4.79 Å². The smallest absolute Gasteiger partial charge is 0.312 e. The van der Waals surface area contributed by atoms with Crippen LogP contribution in [0.15, 0.2) is 22.9 Å². The summed E-state index contributed by atoms with van der Waals surface area (Å²) >= 11 is 2.83. The number of primary amides is 1. The molecule has 1 unspecified atom stereocenters. The van der Waals surface area contributed by atoms with E-state index in [4.69, 9.17) is 5.73 Å². The van der Waals surface area contributed by atoms with E-state index in [0.29, 0.717) is 5.13 Å². The zero-order chi connectivity index (χ0) is 14.5. The number of carbonyl (C=O) groups excluding carboxylic acids is 2. The fraction of sp³-hybridized carbons (Fsp3) is 0.250. The molecule has 0 aromatic carbocycles. The summed E-state index contributed by atoms with van der Waals surface area (Å²) in [6.45, 7) is 1.86. The van der Waals surface area contributed by atoms with E-state index < -0.39 is 12.1 Å². The lowest BCUT2D eigenvalue weighted by molar-refractivity contribution is -0.116. The molecule has 0 fully saturated rings. The van der Waals surface area contributed by atoms with Crippen molar-refractivity contribution in [2.45, 2.75) is 19.4 Å². The maximum atomic E-state index is 12.0. The van der Waals surface area contributed by atoms with E-state index in [2.05, 4.69) is 15.6 Å². The highest BCUT2D eigenvalue weighted by molar-refractivity contribution is 7.13. The average Bonchev–Trinajstić information content (AvgIpc) is 2.99. The second kappa shape index (κ2) is 6.49. The Balaban J connectivity index is 2.00. The summed E-state index contributed by atoms with van der Waals surface area (Å²) in [7, 11) is 0. The van der Waals surface area contributed by atoms with Gasteiger partial charge in [-0.15, -0.1) is 22.7 Å². The number of urea groups is 1. The van der Waals surface area contributed by atoms with Gasteiger partial charge in [-0.2, -0.15) is 0 Å². The SMILES string of the molecule is Cc1csc(NC(=O)CC(NC(N)=O)c2cccs2)n1. The van der Waals surface area contributed by atoms with Crippen molar-refractivity contribution < 1.29 is 9.59 Å². The number of carbonyl (C=O) groups is 2. The summed E-state index contributed by atoms with van der Waals surface area (Å²) in [6, 6.07) is 2.64. The Kier molecular flexibility index (Phi) is 4.70. The molecule has 0 saturated heterocycles. The Bertz CT molecular complexity index is 594. The number of nitrogens with two attached hydrogens (primary N) is 1. The number of thiazole rings is 1. The summed E-state index contributed by atoms with van der Waals surface area (Å²) in [5.74, 6) is -0.216. The predicted octanol–water partition coefficient (Wildman–Crippen LogP) is 2.25. The molecule has 6 nitrogen and oxygen atoms in total. The topological polar surface area (TPSA) is 97.1 Å². The molecule has 0 aliphatic heterocycles. The van der Waals surface area contributed by atoms with E-state index in [1.54, 1.807) is 0 Å². The summed E-state index contributed by atoms with van der Waals surface area (Å²) in [5, 5.41) is 9.57. The predicted molar refractivity (Wildman–Crippen MR) is 79.9 cm³/mol. The number of rotatable bonds is 5. The standard InChI is InChI=1S/C12H14N4O2S2/c1-7-6-20-12(14-7)16-10(17)5-8(15-11(13)18)9-3-2-4-19-9/h2-4,6,8H,5H2,1H3,(H3,13,15,18)(H,14,16,17). The minimum atomic E-state index is -0.652. The Morgan fingerprint density at radius 2 is 2.25 bits per heavy atom. The van der Waals surface area contributed by atoms with Crippen LogP contribution >= 0.6 is 22.7 Å². The number of hydrogen-bond acceptors (Lipinski definition) is 5. The molecular formula is C12H14N4O2S2. The van der Waals surface area contributed by atoms with Crippen molar-refractivity contribution in [3.63, 3.8) is 0 Å². The highest BCUT2D eigenvalue weighted by Gasteiger charge is 2.19. The first-order valence-corrected chi connectivity index (χ1v) is 7.62. The lowest BCUT2D eigenvalue weighted by Gasteiger charge is -2.15. The summed E-state index contributed by atoms with van der Waals surface area (Å²) in [5.41, 5.74) is 6.00. The van der Waals surface area contributed by atoms with Crippen LogP contribution in [-0.4, -0.2) is 16.9 Å². The zero-order valence-electron chi connectivity index (χ0n) is 10.8. The molecule has 2 rings (SSSR count). The van der Waals surface area contributed by atoms with E-state index in [0.717, 1.165) is 10.6 Å². The number of thiophene rings is 1. The molecule has 2 aromatic heterocycles. The molecule has 2 heterocycles. The van der Waals surface area contributed by atoms with E-state index in [1.807, 2.05) is 29.8 Å². The molecule has 0 saturated carbocycles. The highest BCUT2D eigenvalue weighted by atomic mass is 32.1. The molecule has 1 atom stereocenters. The molecular weight excluding hydrogens is 296 g/mol. The fourth-order valence-corrected chi connectivity index (χ4v) is 3.13. The zero-order valence-corrected chi connectivity index (χ0v) is 12.4. The van der Waals surface area contributed by atoms with Gasteiger partial charge in [0.25, 0.3) is 0 Å². The van der Waals surface area contributed by atoms with Crippen LogP contribution in [0.1, 0.15) is 23.0 Å². The van der Waals surface area contributed by atoms with Crippen molar-refractivity contribution in [3.8, 4) is 0 Å². The Morgan fingerprint density at radius 1 is 1.45 bits per heavy atom. The Morgan fingerprint density at radius 3 is 2.80 bits per heavy atom. The van der Waals surface area contributed by atoms with Gasteiger partial charge in [0.05, 0.1) is 18.2 Å². The second-order valence-electron chi connectivity index (χ2n) is 4.12. The third-order valence-corrected chi connectivity index (χ3v) is 4.32. The van der Waals surface area contributed by atoms with E-state index in [1.165, 1.54) is 22.7 Å². The molecule has 20 heavy (non-hydrogen) atoms. The van der Waals surface area contributed by atoms with Crippen molar-refractivity contribution in [3.05, 3.63) is 33.5 Å². The highest BCUT2D eigenvalue weighted by Crippen LogP contribution is 2.23. The first-order valence-electron chi connectivity index (χ1n) is 5.86. The number of hydrogen-bond donors (Lipinski definition) is 3. The van der Waals surface area contributed by atoms with Gasteiger partial charge in [-0.05, 0) is 18.4 Å². The minimum absolute atomic E-state index is 0.113. The van der Waals surface area contributed by atoms with Crippen LogP contribution in [0.25, 0.3) is 0 Å². The summed E-state index contributed by atoms with van der Waals surface area (Å²) < 4.78 is 0. The number of anilines is 1. The lowest BCUT2D eigenvalue weighted by Crippen LogP contribution is -2.34. The molecule has 0 aliphatic carbocycles. The third-order valence-electron chi connectivity index (χ3n) is 2.46.